The number of aromatic nitrogens is 3. The first-order chi connectivity index (χ1) is 11.9. The van der Waals surface area contributed by atoms with Crippen molar-refractivity contribution in [3.63, 3.8) is 0 Å². The topological polar surface area (TPSA) is 58.9 Å². The number of pyridine rings is 1. The van der Waals surface area contributed by atoms with Crippen molar-refractivity contribution < 1.29 is 5.11 Å². The van der Waals surface area contributed by atoms with E-state index in [1.807, 2.05) is 32.9 Å². The Bertz CT molecular complexity index is 915. The van der Waals surface area contributed by atoms with Crippen molar-refractivity contribution in [2.75, 3.05) is 0 Å². The standard InChI is InChI=1S/C20H23N3OS/c1-6-14-9-15(7-12(4)18(14)24)19-22-23-20(25-19)16-8-13(5)21-17(10-16)11(2)3/h7-11,24H,6H2,1-5H3. The van der Waals surface area contributed by atoms with Crippen molar-refractivity contribution in [1.29, 1.82) is 0 Å². The smallest absolute Gasteiger partial charge is 0.148 e. The summed E-state index contributed by atoms with van der Waals surface area (Å²) in [7, 11) is 0. The fourth-order valence-corrected chi connectivity index (χ4v) is 3.63. The van der Waals surface area contributed by atoms with Crippen molar-refractivity contribution in [2.24, 2.45) is 0 Å². The molecule has 2 aromatic heterocycles. The molecule has 25 heavy (non-hydrogen) atoms. The SMILES string of the molecule is CCc1cc(-c2nnc(-c3cc(C)nc(C(C)C)c3)s2)cc(C)c1O. The van der Waals surface area contributed by atoms with Gasteiger partial charge in [-0.15, -0.1) is 10.2 Å². The molecule has 3 aromatic rings. The van der Waals surface area contributed by atoms with E-state index in [0.29, 0.717) is 11.7 Å². The third kappa shape index (κ3) is 3.56. The number of hydrogen-bond donors (Lipinski definition) is 1. The molecule has 0 aliphatic carbocycles. The Balaban J connectivity index is 2.03. The molecule has 2 heterocycles. The number of benzene rings is 1. The Kier molecular flexibility index (Phi) is 4.86. The average molecular weight is 353 g/mol. The minimum absolute atomic E-state index is 0.373. The second-order valence-electron chi connectivity index (χ2n) is 6.64. The van der Waals surface area contributed by atoms with Gasteiger partial charge in [0.1, 0.15) is 15.8 Å². The lowest BCUT2D eigenvalue weighted by molar-refractivity contribution is 0.465. The number of hydrogen-bond acceptors (Lipinski definition) is 5. The zero-order chi connectivity index (χ0) is 18.1. The molecule has 0 saturated carbocycles. The third-order valence-corrected chi connectivity index (χ3v) is 5.27. The summed E-state index contributed by atoms with van der Waals surface area (Å²) in [5.74, 6) is 0.750. The largest absolute Gasteiger partial charge is 0.507 e. The first-order valence-corrected chi connectivity index (χ1v) is 9.36. The van der Waals surface area contributed by atoms with Crippen LogP contribution < -0.4 is 0 Å². The highest BCUT2D eigenvalue weighted by molar-refractivity contribution is 7.17. The van der Waals surface area contributed by atoms with E-state index < -0.39 is 0 Å². The fraction of sp³-hybridized carbons (Fsp3) is 0.350. The van der Waals surface area contributed by atoms with Crippen LogP contribution in [0.4, 0.5) is 0 Å². The van der Waals surface area contributed by atoms with Crippen LogP contribution in [-0.2, 0) is 6.42 Å². The van der Waals surface area contributed by atoms with Crippen LogP contribution >= 0.6 is 11.3 Å². The van der Waals surface area contributed by atoms with E-state index in [1.165, 1.54) is 0 Å². The normalized spacial score (nSPS) is 11.3. The molecule has 1 N–H and O–H groups in total. The summed E-state index contributed by atoms with van der Waals surface area (Å²) in [4.78, 5) is 4.60. The van der Waals surface area contributed by atoms with E-state index in [-0.39, 0.29) is 0 Å². The van der Waals surface area contributed by atoms with Crippen LogP contribution in [0.2, 0.25) is 0 Å². The number of aromatic hydroxyl groups is 1. The molecular weight excluding hydrogens is 330 g/mol. The predicted octanol–water partition coefficient (Wildman–Crippen LogP) is 5.28. The maximum atomic E-state index is 10.1. The Labute approximate surface area is 152 Å². The van der Waals surface area contributed by atoms with Gasteiger partial charge in [-0.1, -0.05) is 32.1 Å². The van der Waals surface area contributed by atoms with Crippen LogP contribution in [0.1, 0.15) is 49.2 Å². The molecule has 0 unspecified atom stereocenters. The van der Waals surface area contributed by atoms with Gasteiger partial charge in [-0.25, -0.2) is 0 Å². The van der Waals surface area contributed by atoms with Crippen LogP contribution in [0.5, 0.6) is 5.75 Å². The molecule has 0 aliphatic heterocycles. The van der Waals surface area contributed by atoms with Crippen molar-refractivity contribution in [3.05, 3.63) is 46.8 Å². The van der Waals surface area contributed by atoms with E-state index >= 15 is 0 Å². The minimum atomic E-state index is 0.373. The number of aryl methyl sites for hydroxylation is 3. The van der Waals surface area contributed by atoms with Gasteiger partial charge in [0.15, 0.2) is 0 Å². The molecular formula is C20H23N3OS. The summed E-state index contributed by atoms with van der Waals surface area (Å²) >= 11 is 1.57. The minimum Gasteiger partial charge on any atom is -0.507 e. The van der Waals surface area contributed by atoms with Crippen LogP contribution in [0.15, 0.2) is 24.3 Å². The molecule has 0 aliphatic rings. The molecule has 0 fully saturated rings. The molecule has 5 heteroatoms. The van der Waals surface area contributed by atoms with Gasteiger partial charge in [-0.2, -0.15) is 0 Å². The number of nitrogens with zero attached hydrogens (tertiary/aromatic N) is 3. The van der Waals surface area contributed by atoms with Crippen molar-refractivity contribution >= 4 is 11.3 Å². The zero-order valence-corrected chi connectivity index (χ0v) is 16.1. The number of phenols is 1. The summed E-state index contributed by atoms with van der Waals surface area (Å²) in [5, 5.41) is 20.7. The fourth-order valence-electron chi connectivity index (χ4n) is 2.82. The Morgan fingerprint density at radius 2 is 1.64 bits per heavy atom. The number of phenolic OH excluding ortho intramolecular Hbond substituents is 1. The molecule has 0 atom stereocenters. The molecule has 4 nitrogen and oxygen atoms in total. The predicted molar refractivity (Wildman–Crippen MR) is 103 cm³/mol. The molecule has 3 rings (SSSR count). The lowest BCUT2D eigenvalue weighted by Crippen LogP contribution is -1.95. The summed E-state index contributed by atoms with van der Waals surface area (Å²) < 4.78 is 0. The maximum absolute atomic E-state index is 10.1. The van der Waals surface area contributed by atoms with Gasteiger partial charge in [-0.3, -0.25) is 4.98 Å². The van der Waals surface area contributed by atoms with E-state index in [2.05, 4.69) is 41.2 Å². The highest BCUT2D eigenvalue weighted by Crippen LogP contribution is 2.34. The Hall–Kier alpha value is -2.27. The summed E-state index contributed by atoms with van der Waals surface area (Å²) in [6, 6.07) is 8.12. The molecule has 130 valence electrons. The Morgan fingerprint density at radius 1 is 1.00 bits per heavy atom. The van der Waals surface area contributed by atoms with Gasteiger partial charge >= 0.3 is 0 Å². The van der Waals surface area contributed by atoms with Gasteiger partial charge in [0, 0.05) is 22.5 Å². The lowest BCUT2D eigenvalue weighted by Gasteiger charge is -2.08. The summed E-state index contributed by atoms with van der Waals surface area (Å²) in [6.45, 7) is 10.2. The van der Waals surface area contributed by atoms with E-state index in [9.17, 15) is 5.11 Å². The molecule has 0 bridgehead atoms. The monoisotopic (exact) mass is 353 g/mol. The van der Waals surface area contributed by atoms with Crippen LogP contribution in [0.3, 0.4) is 0 Å². The average Bonchev–Trinajstić information content (AvgIpc) is 3.06. The summed E-state index contributed by atoms with van der Waals surface area (Å²) in [5.41, 5.74) is 5.94. The highest BCUT2D eigenvalue weighted by Gasteiger charge is 2.14. The number of rotatable bonds is 4. The first-order valence-electron chi connectivity index (χ1n) is 8.54. The van der Waals surface area contributed by atoms with Crippen LogP contribution in [0.25, 0.3) is 21.1 Å². The van der Waals surface area contributed by atoms with Crippen molar-refractivity contribution in [2.45, 2.75) is 47.0 Å². The summed E-state index contributed by atoms with van der Waals surface area (Å²) in [6.07, 6.45) is 0.785. The second kappa shape index (κ2) is 6.92. The molecule has 0 radical (unpaired) electrons. The Morgan fingerprint density at radius 3 is 2.24 bits per heavy atom. The van der Waals surface area contributed by atoms with Gasteiger partial charge in [0.2, 0.25) is 0 Å². The molecule has 0 amide bonds. The quantitative estimate of drug-likeness (QED) is 0.693. The maximum Gasteiger partial charge on any atom is 0.148 e. The van der Waals surface area contributed by atoms with E-state index in [4.69, 9.17) is 0 Å². The second-order valence-corrected chi connectivity index (χ2v) is 7.62. The van der Waals surface area contributed by atoms with Crippen molar-refractivity contribution in [3.8, 4) is 26.9 Å². The van der Waals surface area contributed by atoms with Crippen LogP contribution in [0, 0.1) is 13.8 Å². The molecule has 0 saturated heterocycles. The van der Waals surface area contributed by atoms with E-state index in [1.54, 1.807) is 11.3 Å². The van der Waals surface area contributed by atoms with Gasteiger partial charge in [0.05, 0.1) is 0 Å². The van der Waals surface area contributed by atoms with Crippen molar-refractivity contribution in [1.82, 2.24) is 15.2 Å². The first kappa shape index (κ1) is 17.5. The third-order valence-electron chi connectivity index (χ3n) is 4.24. The lowest BCUT2D eigenvalue weighted by atomic mass is 10.0. The van der Waals surface area contributed by atoms with Gasteiger partial charge in [-0.05, 0) is 61.6 Å². The van der Waals surface area contributed by atoms with Crippen LogP contribution in [-0.4, -0.2) is 20.3 Å². The molecule has 1 aromatic carbocycles. The highest BCUT2D eigenvalue weighted by atomic mass is 32.1. The van der Waals surface area contributed by atoms with Gasteiger partial charge < -0.3 is 5.11 Å². The molecule has 0 spiro atoms. The zero-order valence-electron chi connectivity index (χ0n) is 15.3. The van der Waals surface area contributed by atoms with E-state index in [0.717, 1.165) is 50.1 Å². The van der Waals surface area contributed by atoms with Gasteiger partial charge in [0.25, 0.3) is 0 Å².